The van der Waals surface area contributed by atoms with Gasteiger partial charge in [0.1, 0.15) is 23.0 Å². The lowest BCUT2D eigenvalue weighted by Crippen LogP contribution is -2.21. The van der Waals surface area contributed by atoms with Crippen LogP contribution in [-0.4, -0.2) is 23.9 Å². The molecule has 0 atom stereocenters. The number of carbonyl (C=O) groups is 4. The van der Waals surface area contributed by atoms with E-state index in [-0.39, 0.29) is 51.3 Å². The highest BCUT2D eigenvalue weighted by Crippen LogP contribution is 2.53. The Hall–Kier alpha value is -6.28. The van der Waals surface area contributed by atoms with E-state index in [0.29, 0.717) is 66.1 Å². The SMILES string of the molecule is C.CC(C)(C)c1cc(Oc2cc3c4c(ccc5c6c(Oc7cc(C(C)(C)C)cc(C(C)(C)C)c7)cc7c8c(ccc(c2c45)c86)C(=O)OC7=O)C(=O)OC3=O)cc(C(C)(C)C)c1. The summed E-state index contributed by atoms with van der Waals surface area (Å²) in [4.78, 5) is 54.4. The molecular weight excluding hydrogens is 765 g/mol. The molecule has 312 valence electrons. The molecule has 0 N–H and O–H groups in total. The number of cyclic esters (lactones) is 4. The molecule has 0 bridgehead atoms. The van der Waals surface area contributed by atoms with Crippen LogP contribution in [0.4, 0.5) is 0 Å². The van der Waals surface area contributed by atoms with Crippen molar-refractivity contribution in [2.75, 3.05) is 0 Å². The summed E-state index contributed by atoms with van der Waals surface area (Å²) in [5.41, 5.74) is 4.29. The zero-order valence-corrected chi connectivity index (χ0v) is 36.2. The minimum atomic E-state index is -0.783. The normalized spacial score (nSPS) is 14.5. The fourth-order valence-corrected chi connectivity index (χ4v) is 8.55. The van der Waals surface area contributed by atoms with Crippen molar-refractivity contribution < 1.29 is 38.1 Å². The Morgan fingerprint density at radius 1 is 0.361 bits per heavy atom. The summed E-state index contributed by atoms with van der Waals surface area (Å²) in [5, 5.41) is 4.53. The third-order valence-electron chi connectivity index (χ3n) is 12.0. The Kier molecular flexibility index (Phi) is 9.08. The van der Waals surface area contributed by atoms with E-state index >= 15 is 0 Å². The van der Waals surface area contributed by atoms with Gasteiger partial charge in [0.2, 0.25) is 0 Å². The summed E-state index contributed by atoms with van der Waals surface area (Å²) >= 11 is 0. The molecule has 0 saturated heterocycles. The van der Waals surface area contributed by atoms with Crippen LogP contribution in [0.1, 0.15) is 154 Å². The van der Waals surface area contributed by atoms with Crippen molar-refractivity contribution in [2.45, 2.75) is 112 Å². The van der Waals surface area contributed by atoms with E-state index in [1.54, 1.807) is 24.3 Å². The number of rotatable bonds is 4. The summed E-state index contributed by atoms with van der Waals surface area (Å²) < 4.78 is 24.6. The summed E-state index contributed by atoms with van der Waals surface area (Å²) in [5.74, 6) is -1.24. The molecule has 2 heterocycles. The molecule has 2 aliphatic rings. The molecule has 0 spiro atoms. The van der Waals surface area contributed by atoms with Crippen LogP contribution in [0.3, 0.4) is 0 Å². The average molecular weight is 817 g/mol. The van der Waals surface area contributed by atoms with Crippen molar-refractivity contribution in [3.05, 3.63) is 117 Å². The molecule has 8 heteroatoms. The van der Waals surface area contributed by atoms with E-state index in [1.165, 1.54) is 0 Å². The summed E-state index contributed by atoms with van der Waals surface area (Å²) in [6.07, 6.45) is 0. The number of esters is 4. The fraction of sp³-hybridized carbons (Fsp3) is 0.321. The van der Waals surface area contributed by atoms with Gasteiger partial charge in [0.25, 0.3) is 0 Å². The maximum atomic E-state index is 13.8. The Morgan fingerprint density at radius 3 is 0.951 bits per heavy atom. The van der Waals surface area contributed by atoms with Gasteiger partial charge < -0.3 is 18.9 Å². The smallest absolute Gasteiger partial charge is 0.346 e. The molecule has 0 fully saturated rings. The van der Waals surface area contributed by atoms with Crippen molar-refractivity contribution in [1.29, 1.82) is 0 Å². The highest BCUT2D eigenvalue weighted by molar-refractivity contribution is 6.41. The number of ether oxygens (including phenoxy) is 4. The van der Waals surface area contributed by atoms with E-state index in [9.17, 15) is 19.2 Å². The third-order valence-corrected chi connectivity index (χ3v) is 12.0. The average Bonchev–Trinajstić information content (AvgIpc) is 3.14. The quantitative estimate of drug-likeness (QED) is 0.0748. The minimum absolute atomic E-state index is 0. The third kappa shape index (κ3) is 6.59. The van der Waals surface area contributed by atoms with Crippen LogP contribution in [0, 0.1) is 0 Å². The maximum absolute atomic E-state index is 13.8. The van der Waals surface area contributed by atoms with Crippen molar-refractivity contribution in [3.8, 4) is 23.0 Å². The van der Waals surface area contributed by atoms with E-state index in [1.807, 2.05) is 36.4 Å². The number of fused-ring (bicyclic) bond motifs is 2. The highest BCUT2D eigenvalue weighted by atomic mass is 16.6. The van der Waals surface area contributed by atoms with Crippen molar-refractivity contribution in [1.82, 2.24) is 0 Å². The molecular formula is C53H52O8. The van der Waals surface area contributed by atoms with Crippen LogP contribution in [0.25, 0.3) is 43.1 Å². The Labute approximate surface area is 356 Å². The first-order valence-electron chi connectivity index (χ1n) is 20.4. The fourth-order valence-electron chi connectivity index (χ4n) is 8.55. The molecule has 0 amide bonds. The second-order valence-corrected chi connectivity index (χ2v) is 20.5. The molecule has 0 radical (unpaired) electrons. The molecule has 0 unspecified atom stereocenters. The number of hydrogen-bond donors (Lipinski definition) is 0. The summed E-state index contributed by atoms with van der Waals surface area (Å²) in [6.45, 7) is 25.8. The van der Waals surface area contributed by atoms with Gasteiger partial charge in [-0.2, -0.15) is 0 Å². The Morgan fingerprint density at radius 2 is 0.656 bits per heavy atom. The first-order chi connectivity index (χ1) is 27.9. The summed E-state index contributed by atoms with van der Waals surface area (Å²) in [6, 6.07) is 22.7. The van der Waals surface area contributed by atoms with Crippen LogP contribution < -0.4 is 9.47 Å². The molecule has 2 aliphatic heterocycles. The van der Waals surface area contributed by atoms with Crippen LogP contribution in [-0.2, 0) is 31.1 Å². The Bertz CT molecular complexity index is 2810. The maximum Gasteiger partial charge on any atom is 0.346 e. The van der Waals surface area contributed by atoms with Crippen molar-refractivity contribution in [3.63, 3.8) is 0 Å². The monoisotopic (exact) mass is 816 g/mol. The molecule has 7 aromatic carbocycles. The van der Waals surface area contributed by atoms with Gasteiger partial charge in [0.05, 0.1) is 22.3 Å². The molecule has 8 nitrogen and oxygen atoms in total. The van der Waals surface area contributed by atoms with Crippen LogP contribution in [0.2, 0.25) is 0 Å². The van der Waals surface area contributed by atoms with Crippen LogP contribution in [0.15, 0.2) is 72.8 Å². The molecule has 9 rings (SSSR count). The first-order valence-corrected chi connectivity index (χ1v) is 20.4. The van der Waals surface area contributed by atoms with Crippen LogP contribution >= 0.6 is 0 Å². The second-order valence-electron chi connectivity index (χ2n) is 20.5. The standard InChI is InChI=1S/C52H48O8.CH4/c1-49(2,3)25-17-26(50(4,5)6)20-29(19-25)57-37-23-35-39-33(45(53)59-47(35)55)16-14-32-42-38(58-30-21-27(51(7,8)9)18-28(22-30)52(10,11)12)24-36-40-34(46(54)60-48(36)56)15-13-31(44(40)42)41(37)43(32)39;/h13-24H,1-12H3;1H4. The van der Waals surface area contributed by atoms with E-state index in [4.69, 9.17) is 18.9 Å². The van der Waals surface area contributed by atoms with Gasteiger partial charge in [0, 0.05) is 32.3 Å². The molecule has 0 aromatic heterocycles. The van der Waals surface area contributed by atoms with Crippen LogP contribution in [0.5, 0.6) is 23.0 Å². The van der Waals surface area contributed by atoms with Gasteiger partial charge in [-0.05, 0) is 103 Å². The lowest BCUT2D eigenvalue weighted by molar-refractivity contribution is 0.0373. The van der Waals surface area contributed by atoms with E-state index < -0.39 is 23.9 Å². The van der Waals surface area contributed by atoms with E-state index in [0.717, 1.165) is 22.3 Å². The molecule has 61 heavy (non-hydrogen) atoms. The minimum Gasteiger partial charge on any atom is -0.457 e. The Balaban J connectivity index is 0.00000514. The lowest BCUT2D eigenvalue weighted by atomic mass is 9.80. The van der Waals surface area contributed by atoms with Gasteiger partial charge in [-0.3, -0.25) is 0 Å². The predicted molar refractivity (Wildman–Crippen MR) is 242 cm³/mol. The van der Waals surface area contributed by atoms with Gasteiger partial charge in [-0.1, -0.05) is 115 Å². The molecule has 0 aliphatic carbocycles. The first kappa shape index (κ1) is 41.5. The van der Waals surface area contributed by atoms with Crippen molar-refractivity contribution >= 4 is 67.0 Å². The van der Waals surface area contributed by atoms with Crippen molar-refractivity contribution in [2.24, 2.45) is 0 Å². The highest BCUT2D eigenvalue weighted by Gasteiger charge is 2.36. The van der Waals surface area contributed by atoms with Gasteiger partial charge in [-0.25, -0.2) is 19.2 Å². The van der Waals surface area contributed by atoms with E-state index in [2.05, 4.69) is 95.2 Å². The summed E-state index contributed by atoms with van der Waals surface area (Å²) in [7, 11) is 0. The number of carbonyl (C=O) groups excluding carboxylic acids is 4. The topological polar surface area (TPSA) is 105 Å². The van der Waals surface area contributed by atoms with Gasteiger partial charge in [0.15, 0.2) is 0 Å². The largest absolute Gasteiger partial charge is 0.457 e. The van der Waals surface area contributed by atoms with Gasteiger partial charge >= 0.3 is 23.9 Å². The molecule has 0 saturated carbocycles. The van der Waals surface area contributed by atoms with Gasteiger partial charge in [-0.15, -0.1) is 0 Å². The second kappa shape index (κ2) is 13.4. The zero-order valence-electron chi connectivity index (χ0n) is 36.2. The number of hydrogen-bond acceptors (Lipinski definition) is 8. The predicted octanol–water partition coefficient (Wildman–Crippen LogP) is 13.8. The zero-order chi connectivity index (χ0) is 43.2. The number of benzene rings is 7. The molecule has 7 aromatic rings. The lowest BCUT2D eigenvalue weighted by Gasteiger charge is -2.28.